The predicted molar refractivity (Wildman–Crippen MR) is 109 cm³/mol. The number of carbonyl (C=O) groups is 1. The van der Waals surface area contributed by atoms with E-state index in [4.69, 9.17) is 4.98 Å². The highest BCUT2D eigenvalue weighted by Gasteiger charge is 2.30. The van der Waals surface area contributed by atoms with E-state index >= 15 is 0 Å². The highest BCUT2D eigenvalue weighted by molar-refractivity contribution is 5.94. The lowest BCUT2D eigenvalue weighted by atomic mass is 10.1. The van der Waals surface area contributed by atoms with E-state index in [1.54, 1.807) is 23.2 Å². The van der Waals surface area contributed by atoms with Crippen LogP contribution >= 0.6 is 0 Å². The number of aromatic amines is 1. The quantitative estimate of drug-likeness (QED) is 0.734. The molecule has 148 valence electrons. The van der Waals surface area contributed by atoms with E-state index < -0.39 is 0 Å². The number of likely N-dealkylation sites (tertiary alicyclic amines) is 1. The second-order valence-electron chi connectivity index (χ2n) is 7.67. The minimum absolute atomic E-state index is 0.0567. The Balaban J connectivity index is 1.35. The molecule has 0 aliphatic carbocycles. The Morgan fingerprint density at radius 2 is 1.97 bits per heavy atom. The van der Waals surface area contributed by atoms with Gasteiger partial charge < -0.3 is 9.80 Å². The van der Waals surface area contributed by atoms with Crippen LogP contribution in [0.4, 0.5) is 5.95 Å². The van der Waals surface area contributed by atoms with Crippen molar-refractivity contribution in [3.63, 3.8) is 0 Å². The van der Waals surface area contributed by atoms with Crippen LogP contribution in [0.5, 0.6) is 0 Å². The monoisotopic (exact) mass is 390 g/mol. The first-order valence-electron chi connectivity index (χ1n) is 10.0. The Hall–Kier alpha value is -3.29. The summed E-state index contributed by atoms with van der Waals surface area (Å²) in [5.41, 5.74) is 1.59. The molecule has 2 saturated heterocycles. The molecule has 1 amide bonds. The third-order valence-electron chi connectivity index (χ3n) is 5.73. The highest BCUT2D eigenvalue weighted by atomic mass is 16.2. The van der Waals surface area contributed by atoms with Crippen molar-refractivity contribution in [2.75, 3.05) is 31.1 Å². The van der Waals surface area contributed by atoms with Crippen LogP contribution in [0.15, 0.2) is 41.3 Å². The van der Waals surface area contributed by atoms with Crippen molar-refractivity contribution in [3.05, 3.63) is 58.3 Å². The van der Waals surface area contributed by atoms with Gasteiger partial charge in [-0.15, -0.1) is 0 Å². The largest absolute Gasteiger partial charge is 0.342 e. The van der Waals surface area contributed by atoms with E-state index in [2.05, 4.69) is 19.9 Å². The maximum atomic E-state index is 12.9. The summed E-state index contributed by atoms with van der Waals surface area (Å²) in [4.78, 5) is 45.2. The molecule has 0 saturated carbocycles. The smallest absolute Gasteiger partial charge is 0.272 e. The number of fused-ring (bicyclic) bond motifs is 1. The molecule has 0 radical (unpaired) electrons. The van der Waals surface area contributed by atoms with Gasteiger partial charge in [-0.1, -0.05) is 0 Å². The number of nitrogens with one attached hydrogen (secondary N) is 1. The predicted octanol–water partition coefficient (Wildman–Crippen LogP) is 1.94. The first-order chi connectivity index (χ1) is 14.2. The molecule has 29 heavy (non-hydrogen) atoms. The molecule has 3 aromatic rings. The molecule has 1 unspecified atom stereocenters. The van der Waals surface area contributed by atoms with E-state index in [9.17, 15) is 9.59 Å². The van der Waals surface area contributed by atoms with Crippen LogP contribution < -0.4 is 10.5 Å². The van der Waals surface area contributed by atoms with Gasteiger partial charge in [0.1, 0.15) is 5.69 Å². The first-order valence-corrected chi connectivity index (χ1v) is 10.0. The fourth-order valence-electron chi connectivity index (χ4n) is 4.17. The number of rotatable bonds is 3. The van der Waals surface area contributed by atoms with Gasteiger partial charge in [-0.25, -0.2) is 15.0 Å². The van der Waals surface area contributed by atoms with E-state index in [0.717, 1.165) is 43.4 Å². The minimum atomic E-state index is -0.135. The second kappa shape index (κ2) is 7.27. The van der Waals surface area contributed by atoms with Crippen molar-refractivity contribution < 1.29 is 4.79 Å². The minimum Gasteiger partial charge on any atom is -0.342 e. The summed E-state index contributed by atoms with van der Waals surface area (Å²) in [5.74, 6) is 0.600. The van der Waals surface area contributed by atoms with Gasteiger partial charge in [-0.05, 0) is 43.5 Å². The molecule has 2 fully saturated rings. The molecule has 0 aromatic carbocycles. The van der Waals surface area contributed by atoms with Crippen molar-refractivity contribution in [2.24, 2.45) is 0 Å². The van der Waals surface area contributed by atoms with Crippen LogP contribution in [0.25, 0.3) is 11.0 Å². The Labute approximate surface area is 167 Å². The number of hydrogen-bond donors (Lipinski definition) is 1. The second-order valence-corrected chi connectivity index (χ2v) is 7.67. The molecule has 3 aromatic heterocycles. The van der Waals surface area contributed by atoms with Crippen LogP contribution in [-0.2, 0) is 0 Å². The Morgan fingerprint density at radius 3 is 2.83 bits per heavy atom. The number of hydrogen-bond acceptors (Lipinski definition) is 6. The Kier molecular flexibility index (Phi) is 4.46. The van der Waals surface area contributed by atoms with E-state index in [1.165, 1.54) is 0 Å². The number of H-pyrrole nitrogens is 1. The zero-order chi connectivity index (χ0) is 19.8. The van der Waals surface area contributed by atoms with Crippen LogP contribution in [0.2, 0.25) is 0 Å². The molecular formula is C21H22N6O2. The summed E-state index contributed by atoms with van der Waals surface area (Å²) >= 11 is 0. The lowest BCUT2D eigenvalue weighted by Gasteiger charge is -2.18. The summed E-state index contributed by atoms with van der Waals surface area (Å²) in [5, 5.41) is 0.908. The number of pyridine rings is 2. The van der Waals surface area contributed by atoms with Gasteiger partial charge in [0.2, 0.25) is 5.95 Å². The molecular weight excluding hydrogens is 368 g/mol. The normalized spacial score (nSPS) is 19.2. The molecule has 1 atom stereocenters. The molecule has 1 N–H and O–H groups in total. The number of amides is 1. The maximum absolute atomic E-state index is 12.9. The fraction of sp³-hybridized carbons (Fsp3) is 0.381. The third kappa shape index (κ3) is 3.46. The molecule has 0 spiro atoms. The zero-order valence-electron chi connectivity index (χ0n) is 16.0. The van der Waals surface area contributed by atoms with E-state index in [0.29, 0.717) is 30.4 Å². The average molecular weight is 390 g/mol. The summed E-state index contributed by atoms with van der Waals surface area (Å²) < 4.78 is 0. The summed E-state index contributed by atoms with van der Waals surface area (Å²) in [6.45, 7) is 3.00. The van der Waals surface area contributed by atoms with E-state index in [1.807, 2.05) is 18.2 Å². The van der Waals surface area contributed by atoms with Crippen molar-refractivity contribution in [1.82, 2.24) is 24.8 Å². The average Bonchev–Trinajstić information content (AvgIpc) is 3.45. The van der Waals surface area contributed by atoms with Crippen LogP contribution in [0.3, 0.4) is 0 Å². The van der Waals surface area contributed by atoms with Gasteiger partial charge in [0.25, 0.3) is 11.5 Å². The molecule has 8 nitrogen and oxygen atoms in total. The van der Waals surface area contributed by atoms with Crippen molar-refractivity contribution in [3.8, 4) is 0 Å². The van der Waals surface area contributed by atoms with Crippen LogP contribution in [0.1, 0.15) is 41.4 Å². The van der Waals surface area contributed by atoms with Gasteiger partial charge in [0.15, 0.2) is 5.65 Å². The fourth-order valence-corrected chi connectivity index (χ4v) is 4.17. The van der Waals surface area contributed by atoms with Gasteiger partial charge >= 0.3 is 0 Å². The molecule has 5 rings (SSSR count). The van der Waals surface area contributed by atoms with Crippen molar-refractivity contribution in [2.45, 2.75) is 25.2 Å². The van der Waals surface area contributed by atoms with Gasteiger partial charge in [-0.2, -0.15) is 0 Å². The zero-order valence-corrected chi connectivity index (χ0v) is 16.0. The number of carbonyl (C=O) groups excluding carboxylic acids is 1. The van der Waals surface area contributed by atoms with Gasteiger partial charge in [0.05, 0.1) is 5.69 Å². The van der Waals surface area contributed by atoms with E-state index in [-0.39, 0.29) is 17.4 Å². The Morgan fingerprint density at radius 1 is 1.10 bits per heavy atom. The van der Waals surface area contributed by atoms with Crippen molar-refractivity contribution in [1.29, 1.82) is 0 Å². The molecule has 5 heterocycles. The molecule has 2 aliphatic heterocycles. The first kappa shape index (κ1) is 17.8. The molecule has 8 heteroatoms. The lowest BCUT2D eigenvalue weighted by molar-refractivity contribution is 0.0785. The number of anilines is 1. The molecule has 2 aliphatic rings. The summed E-state index contributed by atoms with van der Waals surface area (Å²) in [6, 6.07) is 8.96. The van der Waals surface area contributed by atoms with Crippen molar-refractivity contribution >= 4 is 22.9 Å². The number of nitrogens with zero attached hydrogens (tertiary/aromatic N) is 5. The maximum Gasteiger partial charge on any atom is 0.272 e. The SMILES string of the molecule is O=C(c1ccc2cccnc2n1)N1CCC(c2cc(=O)[nH]c(N3CCCC3)n2)C1. The summed E-state index contributed by atoms with van der Waals surface area (Å²) in [6.07, 6.45) is 4.69. The lowest BCUT2D eigenvalue weighted by Crippen LogP contribution is -2.29. The topological polar surface area (TPSA) is 95.1 Å². The molecule has 0 bridgehead atoms. The van der Waals surface area contributed by atoms with Crippen LogP contribution in [-0.4, -0.2) is 56.9 Å². The van der Waals surface area contributed by atoms with Gasteiger partial charge in [0, 0.05) is 49.7 Å². The standard InChI is InChI=1S/C21H22N6O2/c28-18-12-17(24-21(25-18)26-9-1-2-10-26)15-7-11-27(13-15)20(29)16-6-5-14-4-3-8-22-19(14)23-16/h3-6,8,12,15H,1-2,7,9-11,13H2,(H,24,25,28). The summed E-state index contributed by atoms with van der Waals surface area (Å²) in [7, 11) is 0. The third-order valence-corrected chi connectivity index (χ3v) is 5.73. The number of aromatic nitrogens is 4. The van der Waals surface area contributed by atoms with Crippen LogP contribution in [0, 0.1) is 0 Å². The Bertz CT molecular complexity index is 1120. The highest BCUT2D eigenvalue weighted by Crippen LogP contribution is 2.27. The van der Waals surface area contributed by atoms with Gasteiger partial charge in [-0.3, -0.25) is 14.6 Å².